The van der Waals surface area contributed by atoms with Gasteiger partial charge in [0.25, 0.3) is 0 Å². The van der Waals surface area contributed by atoms with Crippen molar-refractivity contribution in [2.75, 3.05) is 0 Å². The van der Waals surface area contributed by atoms with E-state index in [0.717, 1.165) is 38.7 Å². The van der Waals surface area contributed by atoms with Crippen LogP contribution in [0.1, 0.15) is 30.5 Å². The van der Waals surface area contributed by atoms with Gasteiger partial charge in [0.1, 0.15) is 24.0 Å². The molecule has 0 aliphatic carbocycles. The highest BCUT2D eigenvalue weighted by atomic mass is 32.2. The summed E-state index contributed by atoms with van der Waals surface area (Å²) >= 11 is 1.78. The van der Waals surface area contributed by atoms with Crippen LogP contribution in [0.25, 0.3) is 44.3 Å². The van der Waals surface area contributed by atoms with Gasteiger partial charge in [-0.15, -0.1) is 0 Å². The van der Waals surface area contributed by atoms with Crippen molar-refractivity contribution in [3.05, 3.63) is 114 Å². The van der Waals surface area contributed by atoms with Gasteiger partial charge in [0.05, 0.1) is 11.1 Å². The Balaban J connectivity index is 1.48. The molecule has 0 saturated carbocycles. The van der Waals surface area contributed by atoms with Gasteiger partial charge in [-0.3, -0.25) is 0 Å². The fourth-order valence-corrected chi connectivity index (χ4v) is 7.32. The molecule has 4 aromatic carbocycles. The summed E-state index contributed by atoms with van der Waals surface area (Å²) in [5, 5.41) is 1.92. The van der Waals surface area contributed by atoms with Crippen molar-refractivity contribution >= 4 is 33.7 Å². The topological polar surface area (TPSA) is 17.0 Å². The normalized spacial score (nSPS) is 14.0. The van der Waals surface area contributed by atoms with E-state index in [1.807, 2.05) is 37.5 Å². The molecular weight excluding hydrogens is 489 g/mol. The van der Waals surface area contributed by atoms with E-state index in [9.17, 15) is 0 Å². The zero-order chi connectivity index (χ0) is 26.2. The molecule has 3 heterocycles. The molecule has 2 nitrogen and oxygen atoms in total. The molecule has 0 atom stereocenters. The molecule has 38 heavy (non-hydrogen) atoms. The van der Waals surface area contributed by atoms with E-state index in [1.165, 1.54) is 20.9 Å². The predicted octanol–water partition coefficient (Wildman–Crippen LogP) is 8.98. The van der Waals surface area contributed by atoms with Crippen LogP contribution < -0.4 is 4.57 Å². The van der Waals surface area contributed by atoms with Gasteiger partial charge in [0.15, 0.2) is 6.20 Å². The van der Waals surface area contributed by atoms with Crippen LogP contribution in [-0.4, -0.2) is 0 Å². The largest absolute Gasteiger partial charge is 0.454 e. The second kappa shape index (κ2) is 8.31. The number of halogens is 1. The molecule has 0 N–H and O–H groups in total. The third-order valence-electron chi connectivity index (χ3n) is 8.00. The van der Waals surface area contributed by atoms with E-state index in [2.05, 4.69) is 79.9 Å². The highest BCUT2D eigenvalue weighted by Gasteiger charge is 2.33. The Labute approximate surface area is 225 Å². The summed E-state index contributed by atoms with van der Waals surface area (Å²) in [6, 6.07) is 28.7. The maximum Gasteiger partial charge on any atom is 0.216 e. The molecule has 186 valence electrons. The molecule has 0 radical (unpaired) electrons. The number of fused-ring (bicyclic) bond motifs is 5. The fraction of sp³-hybridized carbons (Fsp3) is 0.147. The Bertz CT molecular complexity index is 1920. The number of benzene rings is 4. The summed E-state index contributed by atoms with van der Waals surface area (Å²) in [4.78, 5) is 2.49. The van der Waals surface area contributed by atoms with Crippen LogP contribution in [0.2, 0.25) is 0 Å². The zero-order valence-electron chi connectivity index (χ0n) is 21.8. The van der Waals surface area contributed by atoms with Gasteiger partial charge in [-0.25, -0.2) is 8.96 Å². The number of aryl methyl sites for hydroxylation is 2. The molecule has 0 amide bonds. The standard InChI is InChI=1S/C34H27FNOS/c1-20-12-14-22-23-15-16-26(35)31(33(23)37-32(22)30(20)27-10-7-8-18-36(27)4)21-13-17-29-25(19-21)34(2,3)24-9-5-6-11-28(24)38-29/h5-19H,1-4H3/q+1. The van der Waals surface area contributed by atoms with Crippen molar-refractivity contribution in [1.29, 1.82) is 0 Å². The maximum absolute atomic E-state index is 15.7. The van der Waals surface area contributed by atoms with E-state index < -0.39 is 0 Å². The average Bonchev–Trinajstić information content (AvgIpc) is 3.28. The molecule has 0 bridgehead atoms. The van der Waals surface area contributed by atoms with Crippen molar-refractivity contribution in [3.63, 3.8) is 0 Å². The number of aromatic nitrogens is 1. The summed E-state index contributed by atoms with van der Waals surface area (Å²) in [6.45, 7) is 6.60. The first-order chi connectivity index (χ1) is 18.3. The summed E-state index contributed by atoms with van der Waals surface area (Å²) in [7, 11) is 2.03. The van der Waals surface area contributed by atoms with E-state index in [1.54, 1.807) is 17.8 Å². The number of hydrogen-bond acceptors (Lipinski definition) is 2. The Hall–Kier alpha value is -3.89. The molecule has 0 unspecified atom stereocenters. The highest BCUT2D eigenvalue weighted by Crippen LogP contribution is 2.50. The van der Waals surface area contributed by atoms with Crippen molar-refractivity contribution in [3.8, 4) is 22.4 Å². The lowest BCUT2D eigenvalue weighted by molar-refractivity contribution is -0.660. The smallest absolute Gasteiger partial charge is 0.216 e. The quantitative estimate of drug-likeness (QED) is 0.214. The molecule has 2 aromatic heterocycles. The van der Waals surface area contributed by atoms with Crippen LogP contribution in [0.15, 0.2) is 105 Å². The Morgan fingerprint density at radius 3 is 2.29 bits per heavy atom. The van der Waals surface area contributed by atoms with Crippen molar-refractivity contribution in [2.45, 2.75) is 36.0 Å². The first-order valence-corrected chi connectivity index (χ1v) is 13.7. The molecule has 6 aromatic rings. The summed E-state index contributed by atoms with van der Waals surface area (Å²) in [5.74, 6) is -0.276. The minimum absolute atomic E-state index is 0.197. The van der Waals surface area contributed by atoms with Crippen LogP contribution in [-0.2, 0) is 12.5 Å². The first kappa shape index (κ1) is 23.2. The molecule has 1 aliphatic heterocycles. The minimum Gasteiger partial charge on any atom is -0.454 e. The molecule has 0 fully saturated rings. The van der Waals surface area contributed by atoms with Gasteiger partial charge in [-0.2, -0.15) is 0 Å². The van der Waals surface area contributed by atoms with Gasteiger partial charge < -0.3 is 4.42 Å². The van der Waals surface area contributed by atoms with Crippen molar-refractivity contribution in [1.82, 2.24) is 0 Å². The molecule has 0 saturated heterocycles. The third-order valence-corrected chi connectivity index (χ3v) is 9.15. The molecule has 0 spiro atoms. The second-order valence-electron chi connectivity index (χ2n) is 10.7. The summed E-state index contributed by atoms with van der Waals surface area (Å²) in [6.07, 6.45) is 2.03. The lowest BCUT2D eigenvalue weighted by atomic mass is 9.77. The van der Waals surface area contributed by atoms with Gasteiger partial charge in [0.2, 0.25) is 5.69 Å². The van der Waals surface area contributed by atoms with Crippen molar-refractivity contribution in [2.24, 2.45) is 7.05 Å². The lowest BCUT2D eigenvalue weighted by Gasteiger charge is -2.34. The second-order valence-corrected chi connectivity index (χ2v) is 11.7. The SMILES string of the molecule is Cc1ccc2c(oc3c(-c4ccc5c(c4)C(C)(C)c4ccccc4S5)c(F)ccc32)c1-c1cccc[n+]1C. The fourth-order valence-electron chi connectivity index (χ4n) is 5.95. The minimum atomic E-state index is -0.276. The first-order valence-electron chi connectivity index (χ1n) is 12.9. The maximum atomic E-state index is 15.7. The van der Waals surface area contributed by atoms with Crippen molar-refractivity contribution < 1.29 is 13.4 Å². The third kappa shape index (κ3) is 3.30. The Morgan fingerprint density at radius 1 is 0.763 bits per heavy atom. The van der Waals surface area contributed by atoms with E-state index in [0.29, 0.717) is 11.1 Å². The lowest BCUT2D eigenvalue weighted by Crippen LogP contribution is -2.30. The Kier molecular flexibility index (Phi) is 5.08. The number of furan rings is 1. The molecule has 7 rings (SSSR count). The Morgan fingerprint density at radius 2 is 1.47 bits per heavy atom. The number of nitrogens with zero attached hydrogens (tertiary/aromatic N) is 1. The van der Waals surface area contributed by atoms with Gasteiger partial charge in [0, 0.05) is 38.1 Å². The number of hydrogen-bond donors (Lipinski definition) is 0. The van der Waals surface area contributed by atoms with E-state index in [4.69, 9.17) is 4.42 Å². The molecule has 1 aliphatic rings. The average molecular weight is 517 g/mol. The number of rotatable bonds is 2. The highest BCUT2D eigenvalue weighted by molar-refractivity contribution is 7.99. The van der Waals surface area contributed by atoms with Crippen LogP contribution in [0.4, 0.5) is 4.39 Å². The van der Waals surface area contributed by atoms with Gasteiger partial charge in [-0.05, 0) is 65.6 Å². The van der Waals surface area contributed by atoms with Crippen LogP contribution in [0.5, 0.6) is 0 Å². The van der Waals surface area contributed by atoms with E-state index in [-0.39, 0.29) is 11.2 Å². The predicted molar refractivity (Wildman–Crippen MR) is 153 cm³/mol. The zero-order valence-corrected chi connectivity index (χ0v) is 22.6. The van der Waals surface area contributed by atoms with E-state index >= 15 is 4.39 Å². The van der Waals surface area contributed by atoms with Crippen LogP contribution >= 0.6 is 11.8 Å². The van der Waals surface area contributed by atoms with Crippen LogP contribution in [0.3, 0.4) is 0 Å². The molecular formula is C34H27FNOS+. The molecule has 4 heteroatoms. The number of pyridine rings is 1. The monoisotopic (exact) mass is 516 g/mol. The summed E-state index contributed by atoms with van der Waals surface area (Å²) < 4.78 is 24.4. The van der Waals surface area contributed by atoms with Gasteiger partial charge >= 0.3 is 0 Å². The van der Waals surface area contributed by atoms with Gasteiger partial charge in [-0.1, -0.05) is 62.0 Å². The van der Waals surface area contributed by atoms with Crippen LogP contribution in [0, 0.1) is 12.7 Å². The summed E-state index contributed by atoms with van der Waals surface area (Å²) in [5.41, 5.74) is 8.25.